The number of carbonyl (C=O) groups excluding carboxylic acids is 1. The van der Waals surface area contributed by atoms with Crippen LogP contribution in [0.3, 0.4) is 0 Å². The summed E-state index contributed by atoms with van der Waals surface area (Å²) in [5.74, 6) is 0.801. The molecule has 2 fully saturated rings. The Bertz CT molecular complexity index is 461. The number of rotatable bonds is 3. The number of fused-ring (bicyclic) bond motifs is 1. The highest BCUT2D eigenvalue weighted by molar-refractivity contribution is 7.17. The molecule has 2 aliphatic rings. The molecule has 1 aromatic rings. The summed E-state index contributed by atoms with van der Waals surface area (Å²) in [7, 11) is 0. The Morgan fingerprint density at radius 1 is 1.37 bits per heavy atom. The third-order valence-electron chi connectivity index (χ3n) is 4.21. The minimum Gasteiger partial charge on any atom is -0.360 e. The van der Waals surface area contributed by atoms with E-state index in [4.69, 9.17) is 0 Å². The number of carbonyl (C=O) groups is 1. The Morgan fingerprint density at radius 3 is 3.05 bits per heavy atom. The molecule has 104 valence electrons. The number of hydrogen-bond donors (Lipinski definition) is 1. The summed E-state index contributed by atoms with van der Waals surface area (Å²) in [6.07, 6.45) is 6.19. The summed E-state index contributed by atoms with van der Waals surface area (Å²) in [6.45, 7) is 3.71. The van der Waals surface area contributed by atoms with E-state index in [1.807, 2.05) is 11.8 Å². The van der Waals surface area contributed by atoms with Crippen molar-refractivity contribution >= 4 is 22.4 Å². The van der Waals surface area contributed by atoms with Crippen LogP contribution in [0.1, 0.15) is 48.8 Å². The van der Waals surface area contributed by atoms with Gasteiger partial charge in [-0.3, -0.25) is 4.79 Å². The van der Waals surface area contributed by atoms with E-state index < -0.39 is 0 Å². The van der Waals surface area contributed by atoms with Crippen LogP contribution in [0.4, 0.5) is 5.13 Å². The van der Waals surface area contributed by atoms with Gasteiger partial charge in [-0.15, -0.1) is 10.2 Å². The highest BCUT2D eigenvalue weighted by Gasteiger charge is 2.39. The SMILES string of the molecule is CCNc1nnc(C(=O)N2CCC3CCCCC32)s1. The van der Waals surface area contributed by atoms with Gasteiger partial charge < -0.3 is 10.2 Å². The zero-order valence-corrected chi connectivity index (χ0v) is 12.1. The lowest BCUT2D eigenvalue weighted by Crippen LogP contribution is -2.39. The quantitative estimate of drug-likeness (QED) is 0.923. The lowest BCUT2D eigenvalue weighted by atomic mass is 9.85. The molecule has 2 unspecified atom stereocenters. The lowest BCUT2D eigenvalue weighted by molar-refractivity contribution is 0.0689. The van der Waals surface area contributed by atoms with Crippen LogP contribution < -0.4 is 5.32 Å². The van der Waals surface area contributed by atoms with Crippen LogP contribution in [-0.2, 0) is 0 Å². The van der Waals surface area contributed by atoms with E-state index in [-0.39, 0.29) is 5.91 Å². The molecule has 0 radical (unpaired) electrons. The fraction of sp³-hybridized carbons (Fsp3) is 0.769. The molecule has 1 aliphatic carbocycles. The number of amides is 1. The predicted octanol–water partition coefficient (Wildman–Crippen LogP) is 2.37. The average Bonchev–Trinajstić information content (AvgIpc) is 3.05. The molecular formula is C13H20N4OS. The molecule has 1 N–H and O–H groups in total. The van der Waals surface area contributed by atoms with Gasteiger partial charge in [0.2, 0.25) is 10.1 Å². The summed E-state index contributed by atoms with van der Waals surface area (Å²) in [5, 5.41) is 12.4. The maximum Gasteiger partial charge on any atom is 0.285 e. The minimum atomic E-state index is 0.0797. The van der Waals surface area contributed by atoms with Crippen LogP contribution in [0.15, 0.2) is 0 Å². The molecule has 3 rings (SSSR count). The molecule has 6 heteroatoms. The molecular weight excluding hydrogens is 260 g/mol. The summed E-state index contributed by atoms with van der Waals surface area (Å²) < 4.78 is 0. The molecule has 1 saturated heterocycles. The van der Waals surface area contributed by atoms with Crippen molar-refractivity contribution in [3.05, 3.63) is 5.01 Å². The molecule has 1 aliphatic heterocycles. The van der Waals surface area contributed by atoms with Crippen molar-refractivity contribution < 1.29 is 4.79 Å². The van der Waals surface area contributed by atoms with E-state index in [9.17, 15) is 4.79 Å². The molecule has 0 bridgehead atoms. The fourth-order valence-corrected chi connectivity index (χ4v) is 4.08. The van der Waals surface area contributed by atoms with Crippen molar-refractivity contribution in [2.75, 3.05) is 18.4 Å². The maximum atomic E-state index is 12.5. The van der Waals surface area contributed by atoms with Crippen molar-refractivity contribution in [1.82, 2.24) is 15.1 Å². The topological polar surface area (TPSA) is 58.1 Å². The van der Waals surface area contributed by atoms with Crippen molar-refractivity contribution in [2.24, 2.45) is 5.92 Å². The molecule has 5 nitrogen and oxygen atoms in total. The third kappa shape index (κ3) is 2.45. The molecule has 0 spiro atoms. The molecule has 1 saturated carbocycles. The molecule has 1 aromatic heterocycles. The van der Waals surface area contributed by atoms with Crippen LogP contribution in [0.2, 0.25) is 0 Å². The summed E-state index contributed by atoms with van der Waals surface area (Å²) >= 11 is 1.37. The van der Waals surface area contributed by atoms with Gasteiger partial charge in [-0.05, 0) is 32.1 Å². The first-order valence-corrected chi connectivity index (χ1v) is 7.99. The normalized spacial score (nSPS) is 26.3. The van der Waals surface area contributed by atoms with Crippen LogP contribution in [0, 0.1) is 5.92 Å². The highest BCUT2D eigenvalue weighted by Crippen LogP contribution is 2.37. The summed E-state index contributed by atoms with van der Waals surface area (Å²) in [4.78, 5) is 14.6. The first-order valence-electron chi connectivity index (χ1n) is 7.18. The number of aromatic nitrogens is 2. The van der Waals surface area contributed by atoms with Crippen LogP contribution in [-0.4, -0.2) is 40.1 Å². The number of anilines is 1. The zero-order valence-electron chi connectivity index (χ0n) is 11.3. The summed E-state index contributed by atoms with van der Waals surface area (Å²) in [6, 6.07) is 0.452. The molecule has 2 heterocycles. The first kappa shape index (κ1) is 12.8. The Kier molecular flexibility index (Phi) is 3.68. The van der Waals surface area contributed by atoms with Gasteiger partial charge in [0.15, 0.2) is 0 Å². The van der Waals surface area contributed by atoms with Crippen molar-refractivity contribution in [3.63, 3.8) is 0 Å². The standard InChI is InChI=1S/C13H20N4OS/c1-2-14-13-16-15-11(19-13)12(18)17-8-7-9-5-3-4-6-10(9)17/h9-10H,2-8H2,1H3,(H,14,16). The number of likely N-dealkylation sites (tertiary alicyclic amines) is 1. The first-order chi connectivity index (χ1) is 9.29. The highest BCUT2D eigenvalue weighted by atomic mass is 32.1. The number of nitrogens with zero attached hydrogens (tertiary/aromatic N) is 3. The van der Waals surface area contributed by atoms with E-state index >= 15 is 0 Å². The smallest absolute Gasteiger partial charge is 0.285 e. The minimum absolute atomic E-state index is 0.0797. The van der Waals surface area contributed by atoms with Gasteiger partial charge in [0.05, 0.1) is 0 Å². The summed E-state index contributed by atoms with van der Waals surface area (Å²) in [5.41, 5.74) is 0. The fourth-order valence-electron chi connectivity index (χ4n) is 3.31. The molecule has 19 heavy (non-hydrogen) atoms. The van der Waals surface area contributed by atoms with Crippen molar-refractivity contribution in [2.45, 2.75) is 45.1 Å². The Morgan fingerprint density at radius 2 is 2.21 bits per heavy atom. The second kappa shape index (κ2) is 5.45. The van der Waals surface area contributed by atoms with E-state index in [1.165, 1.54) is 30.6 Å². The monoisotopic (exact) mass is 280 g/mol. The van der Waals surface area contributed by atoms with Gasteiger partial charge in [-0.1, -0.05) is 24.2 Å². The van der Waals surface area contributed by atoms with Crippen LogP contribution >= 0.6 is 11.3 Å². The van der Waals surface area contributed by atoms with Gasteiger partial charge >= 0.3 is 0 Å². The van der Waals surface area contributed by atoms with Gasteiger partial charge in [0, 0.05) is 19.1 Å². The zero-order chi connectivity index (χ0) is 13.2. The van der Waals surface area contributed by atoms with Gasteiger partial charge in [-0.2, -0.15) is 0 Å². The molecule has 2 atom stereocenters. The molecule has 0 aromatic carbocycles. The Hall–Kier alpha value is -1.17. The maximum absolute atomic E-state index is 12.5. The Labute approximate surface area is 117 Å². The van der Waals surface area contributed by atoms with Crippen molar-refractivity contribution in [1.29, 1.82) is 0 Å². The van der Waals surface area contributed by atoms with Crippen LogP contribution in [0.25, 0.3) is 0 Å². The van der Waals surface area contributed by atoms with E-state index in [0.29, 0.717) is 11.0 Å². The van der Waals surface area contributed by atoms with Gasteiger partial charge in [0.25, 0.3) is 5.91 Å². The van der Waals surface area contributed by atoms with E-state index in [2.05, 4.69) is 15.5 Å². The number of hydrogen-bond acceptors (Lipinski definition) is 5. The van der Waals surface area contributed by atoms with Crippen LogP contribution in [0.5, 0.6) is 0 Å². The largest absolute Gasteiger partial charge is 0.360 e. The molecule has 1 amide bonds. The average molecular weight is 280 g/mol. The Balaban J connectivity index is 1.72. The third-order valence-corrected chi connectivity index (χ3v) is 5.08. The predicted molar refractivity (Wildman–Crippen MR) is 75.5 cm³/mol. The van der Waals surface area contributed by atoms with E-state index in [0.717, 1.165) is 37.0 Å². The van der Waals surface area contributed by atoms with E-state index in [1.54, 1.807) is 0 Å². The lowest BCUT2D eigenvalue weighted by Gasteiger charge is -2.31. The second-order valence-corrected chi connectivity index (χ2v) is 6.32. The second-order valence-electron chi connectivity index (χ2n) is 5.34. The van der Waals surface area contributed by atoms with Gasteiger partial charge in [0.1, 0.15) is 0 Å². The van der Waals surface area contributed by atoms with Gasteiger partial charge in [-0.25, -0.2) is 0 Å². The van der Waals surface area contributed by atoms with Crippen molar-refractivity contribution in [3.8, 4) is 0 Å². The number of nitrogens with one attached hydrogen (secondary N) is 1.